The highest BCUT2D eigenvalue weighted by atomic mass is 127. The Morgan fingerprint density at radius 3 is 2.24 bits per heavy atom. The molecule has 0 saturated carbocycles. The summed E-state index contributed by atoms with van der Waals surface area (Å²) >= 11 is 7.78. The van der Waals surface area contributed by atoms with E-state index in [9.17, 15) is 14.9 Å². The molecule has 1 N–H and O–H groups in total. The van der Waals surface area contributed by atoms with E-state index in [0.717, 1.165) is 22.9 Å². The molecular weight excluding hydrogens is 726 g/mol. The second kappa shape index (κ2) is 12.3. The molecule has 0 heterocycles. The van der Waals surface area contributed by atoms with Crippen molar-refractivity contribution in [1.82, 2.24) is 0 Å². The van der Waals surface area contributed by atoms with Gasteiger partial charge in [0.05, 0.1) is 19.8 Å². The number of nitriles is 1. The molecule has 0 radical (unpaired) electrons. The van der Waals surface area contributed by atoms with E-state index in [0.29, 0.717) is 23.4 Å². The maximum atomic E-state index is 12.6. The fraction of sp³-hybridized carbons (Fsp3) is 0.0800. The molecular formula is C25H17BrI2N2O4. The van der Waals surface area contributed by atoms with Gasteiger partial charge < -0.3 is 14.8 Å². The standard InChI is InChI=1S/C25H17BrI2N2O4/c1-33-25(32)17-4-8-20(9-5-17)30-24(31)18(13-29)10-16-11-21(27)23(22(28)12-16)34-14-15-2-6-19(26)7-3-15/h2-12H,14H2,1H3,(H,30,31)/b18-10+. The van der Waals surface area contributed by atoms with Gasteiger partial charge in [0.1, 0.15) is 24.0 Å². The summed E-state index contributed by atoms with van der Waals surface area (Å²) in [7, 11) is 1.30. The number of esters is 1. The molecule has 0 unspecified atom stereocenters. The van der Waals surface area contributed by atoms with Crippen LogP contribution in [0.25, 0.3) is 6.08 Å². The van der Waals surface area contributed by atoms with E-state index in [4.69, 9.17) is 4.74 Å². The van der Waals surface area contributed by atoms with Gasteiger partial charge in [0, 0.05) is 10.2 Å². The SMILES string of the molecule is COC(=O)c1ccc(NC(=O)/C(C#N)=C/c2cc(I)c(OCc3ccc(Br)cc3)c(I)c2)cc1. The van der Waals surface area contributed by atoms with Crippen LogP contribution in [-0.2, 0) is 16.1 Å². The average molecular weight is 743 g/mol. The Kier molecular flexibility index (Phi) is 9.49. The Hall–Kier alpha value is -2.43. The summed E-state index contributed by atoms with van der Waals surface area (Å²) < 4.78 is 13.4. The second-order valence-corrected chi connectivity index (χ2v) is 10.2. The first-order chi connectivity index (χ1) is 16.3. The van der Waals surface area contributed by atoms with Gasteiger partial charge in [0.15, 0.2) is 0 Å². The molecule has 34 heavy (non-hydrogen) atoms. The summed E-state index contributed by atoms with van der Waals surface area (Å²) in [4.78, 5) is 24.2. The molecule has 0 aliphatic rings. The van der Waals surface area contributed by atoms with E-state index in [1.807, 2.05) is 42.5 Å². The van der Waals surface area contributed by atoms with Gasteiger partial charge in [-0.15, -0.1) is 0 Å². The minimum absolute atomic E-state index is 0.0489. The molecule has 0 spiro atoms. The molecule has 3 rings (SSSR count). The predicted molar refractivity (Wildman–Crippen MR) is 150 cm³/mol. The van der Waals surface area contributed by atoms with Crippen LogP contribution in [0.4, 0.5) is 5.69 Å². The monoisotopic (exact) mass is 742 g/mol. The summed E-state index contributed by atoms with van der Waals surface area (Å²) in [6.45, 7) is 0.426. The zero-order chi connectivity index (χ0) is 24.7. The molecule has 172 valence electrons. The molecule has 0 atom stereocenters. The van der Waals surface area contributed by atoms with Crippen LogP contribution in [0.5, 0.6) is 5.75 Å². The summed E-state index contributed by atoms with van der Waals surface area (Å²) in [6, 6.07) is 19.8. The van der Waals surface area contributed by atoms with Crippen LogP contribution < -0.4 is 10.1 Å². The molecule has 6 nitrogen and oxygen atoms in total. The predicted octanol–water partition coefficient (Wildman–Crippen LogP) is 6.57. The Morgan fingerprint density at radius 1 is 1.06 bits per heavy atom. The van der Waals surface area contributed by atoms with E-state index in [1.54, 1.807) is 12.1 Å². The number of ether oxygens (including phenoxy) is 2. The van der Waals surface area contributed by atoms with Gasteiger partial charge in [-0.25, -0.2) is 4.79 Å². The van der Waals surface area contributed by atoms with Crippen molar-refractivity contribution in [3.05, 3.63) is 94.5 Å². The van der Waals surface area contributed by atoms with Crippen LogP contribution in [0.3, 0.4) is 0 Å². The first-order valence-electron chi connectivity index (χ1n) is 9.78. The molecule has 0 bridgehead atoms. The lowest BCUT2D eigenvalue weighted by Gasteiger charge is -2.12. The number of amides is 1. The van der Waals surface area contributed by atoms with E-state index >= 15 is 0 Å². The van der Waals surface area contributed by atoms with Gasteiger partial charge in [-0.1, -0.05) is 28.1 Å². The number of halogens is 3. The third-order valence-electron chi connectivity index (χ3n) is 4.56. The summed E-state index contributed by atoms with van der Waals surface area (Å²) in [5.41, 5.74) is 2.52. The van der Waals surface area contributed by atoms with Crippen molar-refractivity contribution in [2.75, 3.05) is 12.4 Å². The molecule has 9 heteroatoms. The number of nitrogens with one attached hydrogen (secondary N) is 1. The minimum Gasteiger partial charge on any atom is -0.487 e. The Labute approximate surface area is 232 Å². The Balaban J connectivity index is 1.73. The van der Waals surface area contributed by atoms with Crippen LogP contribution in [0.15, 0.2) is 70.7 Å². The fourth-order valence-corrected chi connectivity index (χ4v) is 5.25. The highest BCUT2D eigenvalue weighted by Crippen LogP contribution is 2.30. The molecule has 1 amide bonds. The van der Waals surface area contributed by atoms with Gasteiger partial charge in [0.25, 0.3) is 5.91 Å². The number of carbonyl (C=O) groups excluding carboxylic acids is 2. The average Bonchev–Trinajstić information content (AvgIpc) is 2.83. The van der Waals surface area contributed by atoms with Crippen molar-refractivity contribution < 1.29 is 19.1 Å². The van der Waals surface area contributed by atoms with E-state index in [2.05, 4.69) is 71.2 Å². The summed E-state index contributed by atoms with van der Waals surface area (Å²) in [5, 5.41) is 12.2. The van der Waals surface area contributed by atoms with Crippen LogP contribution >= 0.6 is 61.1 Å². The molecule has 0 aliphatic carbocycles. The van der Waals surface area contributed by atoms with Gasteiger partial charge in [-0.2, -0.15) is 5.26 Å². The van der Waals surface area contributed by atoms with Crippen LogP contribution in [-0.4, -0.2) is 19.0 Å². The lowest BCUT2D eigenvalue weighted by atomic mass is 10.1. The molecule has 0 fully saturated rings. The highest BCUT2D eigenvalue weighted by molar-refractivity contribution is 14.1. The maximum absolute atomic E-state index is 12.6. The van der Waals surface area contributed by atoms with Gasteiger partial charge in [-0.05, 0) is 111 Å². The molecule has 3 aromatic carbocycles. The first-order valence-corrected chi connectivity index (χ1v) is 12.7. The van der Waals surface area contributed by atoms with Crippen molar-refractivity contribution in [2.24, 2.45) is 0 Å². The molecule has 0 saturated heterocycles. The molecule has 0 aliphatic heterocycles. The largest absolute Gasteiger partial charge is 0.487 e. The highest BCUT2D eigenvalue weighted by Gasteiger charge is 2.13. The van der Waals surface area contributed by atoms with E-state index in [1.165, 1.54) is 25.3 Å². The van der Waals surface area contributed by atoms with Gasteiger partial charge in [0.2, 0.25) is 0 Å². The smallest absolute Gasteiger partial charge is 0.337 e. The van der Waals surface area contributed by atoms with Gasteiger partial charge in [-0.3, -0.25) is 4.79 Å². The van der Waals surface area contributed by atoms with Crippen molar-refractivity contribution in [3.63, 3.8) is 0 Å². The third kappa shape index (κ3) is 7.04. The Bertz CT molecular complexity index is 1260. The number of hydrogen-bond acceptors (Lipinski definition) is 5. The number of methoxy groups -OCH3 is 1. The molecule has 0 aromatic heterocycles. The van der Waals surface area contributed by atoms with Crippen molar-refractivity contribution in [3.8, 4) is 11.8 Å². The summed E-state index contributed by atoms with van der Waals surface area (Å²) in [5.74, 6) is -0.271. The topological polar surface area (TPSA) is 88.4 Å². The van der Waals surface area contributed by atoms with Crippen LogP contribution in [0.1, 0.15) is 21.5 Å². The fourth-order valence-electron chi connectivity index (χ4n) is 2.86. The van der Waals surface area contributed by atoms with Crippen molar-refractivity contribution in [1.29, 1.82) is 5.26 Å². The second-order valence-electron chi connectivity index (χ2n) is 6.92. The maximum Gasteiger partial charge on any atom is 0.337 e. The minimum atomic E-state index is -0.547. The van der Waals surface area contributed by atoms with E-state index in [-0.39, 0.29) is 5.57 Å². The van der Waals surface area contributed by atoms with Crippen molar-refractivity contribution >= 4 is 84.8 Å². The number of nitrogens with zero attached hydrogens (tertiary/aromatic N) is 1. The number of hydrogen-bond donors (Lipinski definition) is 1. The Morgan fingerprint density at radius 2 is 1.68 bits per heavy atom. The number of anilines is 1. The summed E-state index contributed by atoms with van der Waals surface area (Å²) in [6.07, 6.45) is 1.53. The quantitative estimate of drug-likeness (QED) is 0.128. The lowest BCUT2D eigenvalue weighted by Crippen LogP contribution is -2.13. The van der Waals surface area contributed by atoms with Crippen LogP contribution in [0.2, 0.25) is 0 Å². The number of rotatable bonds is 7. The lowest BCUT2D eigenvalue weighted by molar-refractivity contribution is -0.112. The number of carbonyl (C=O) groups is 2. The third-order valence-corrected chi connectivity index (χ3v) is 6.69. The molecule has 3 aromatic rings. The first kappa shape index (κ1) is 26.2. The normalized spacial score (nSPS) is 10.9. The number of benzene rings is 3. The zero-order valence-corrected chi connectivity index (χ0v) is 23.7. The van der Waals surface area contributed by atoms with E-state index < -0.39 is 11.9 Å². The van der Waals surface area contributed by atoms with Crippen LogP contribution in [0, 0.1) is 18.5 Å². The van der Waals surface area contributed by atoms with Gasteiger partial charge >= 0.3 is 5.97 Å². The van der Waals surface area contributed by atoms with Crippen molar-refractivity contribution in [2.45, 2.75) is 6.61 Å². The zero-order valence-electron chi connectivity index (χ0n) is 17.8.